The minimum atomic E-state index is -0.955. The highest BCUT2D eigenvalue weighted by Gasteiger charge is 2.18. The van der Waals surface area contributed by atoms with Crippen molar-refractivity contribution in [1.82, 2.24) is 5.32 Å². The Bertz CT molecular complexity index is 322. The number of carbonyl (C=O) groups is 2. The molecule has 0 aromatic heterocycles. The van der Waals surface area contributed by atoms with Gasteiger partial charge in [0.15, 0.2) is 0 Å². The molecule has 1 unspecified atom stereocenters. The van der Waals surface area contributed by atoms with E-state index in [1.54, 1.807) is 0 Å². The van der Waals surface area contributed by atoms with Gasteiger partial charge in [-0.25, -0.2) is 4.79 Å². The minimum absolute atomic E-state index is 0.144. The SMILES string of the molecule is CCCCCCCCCCCCC(=O)NC(CCCCN)C(=O)O. The number of carboxylic acids is 1. The molecule has 142 valence electrons. The van der Waals surface area contributed by atoms with Crippen LogP contribution in [0.3, 0.4) is 0 Å². The van der Waals surface area contributed by atoms with E-state index in [0.29, 0.717) is 19.4 Å². The van der Waals surface area contributed by atoms with Gasteiger partial charge in [-0.2, -0.15) is 0 Å². The van der Waals surface area contributed by atoms with E-state index in [9.17, 15) is 9.59 Å². The summed E-state index contributed by atoms with van der Waals surface area (Å²) in [6.45, 7) is 2.79. The lowest BCUT2D eigenvalue weighted by atomic mass is 10.1. The molecule has 1 amide bonds. The lowest BCUT2D eigenvalue weighted by Gasteiger charge is -2.14. The van der Waals surface area contributed by atoms with Gasteiger partial charge in [0.05, 0.1) is 0 Å². The van der Waals surface area contributed by atoms with E-state index >= 15 is 0 Å². The van der Waals surface area contributed by atoms with Gasteiger partial charge < -0.3 is 16.2 Å². The third-order valence-corrected chi connectivity index (χ3v) is 4.34. The maximum absolute atomic E-state index is 11.8. The lowest BCUT2D eigenvalue weighted by molar-refractivity contribution is -0.142. The second kappa shape index (κ2) is 16.7. The molecule has 0 rings (SSSR count). The molecule has 1 atom stereocenters. The summed E-state index contributed by atoms with van der Waals surface area (Å²) < 4.78 is 0. The van der Waals surface area contributed by atoms with Gasteiger partial charge >= 0.3 is 5.97 Å². The Morgan fingerprint density at radius 2 is 1.42 bits per heavy atom. The number of carboxylic acid groups (broad SMARTS) is 1. The first-order valence-corrected chi connectivity index (χ1v) is 9.84. The van der Waals surface area contributed by atoms with Crippen molar-refractivity contribution in [3.8, 4) is 0 Å². The van der Waals surface area contributed by atoms with E-state index in [2.05, 4.69) is 12.2 Å². The van der Waals surface area contributed by atoms with E-state index in [4.69, 9.17) is 10.8 Å². The molecule has 0 bridgehead atoms. The number of hydrogen-bond donors (Lipinski definition) is 3. The Hall–Kier alpha value is -1.10. The summed E-state index contributed by atoms with van der Waals surface area (Å²) in [5.41, 5.74) is 5.40. The van der Waals surface area contributed by atoms with E-state index in [1.807, 2.05) is 0 Å². The van der Waals surface area contributed by atoms with Crippen molar-refractivity contribution in [3.63, 3.8) is 0 Å². The van der Waals surface area contributed by atoms with Crippen molar-refractivity contribution in [2.45, 2.75) is 103 Å². The topological polar surface area (TPSA) is 92.4 Å². The molecule has 0 aliphatic rings. The van der Waals surface area contributed by atoms with Crippen LogP contribution < -0.4 is 11.1 Å². The molecule has 0 aromatic rings. The number of amides is 1. The van der Waals surface area contributed by atoms with Crippen LogP contribution in [0.1, 0.15) is 96.8 Å². The highest BCUT2D eigenvalue weighted by molar-refractivity contribution is 5.83. The predicted octanol–water partition coefficient (Wildman–Crippen LogP) is 4.00. The second-order valence-corrected chi connectivity index (χ2v) is 6.67. The van der Waals surface area contributed by atoms with Crippen LogP contribution in [-0.4, -0.2) is 29.6 Å². The maximum atomic E-state index is 11.8. The van der Waals surface area contributed by atoms with Crippen LogP contribution in [0.4, 0.5) is 0 Å². The van der Waals surface area contributed by atoms with Crippen molar-refractivity contribution in [1.29, 1.82) is 0 Å². The van der Waals surface area contributed by atoms with Gasteiger partial charge in [0.2, 0.25) is 5.91 Å². The molecule has 0 saturated heterocycles. The van der Waals surface area contributed by atoms with Crippen molar-refractivity contribution in [2.75, 3.05) is 6.54 Å². The molecular formula is C19H38N2O3. The van der Waals surface area contributed by atoms with E-state index in [1.165, 1.54) is 51.4 Å². The zero-order valence-corrected chi connectivity index (χ0v) is 15.5. The van der Waals surface area contributed by atoms with Gasteiger partial charge in [-0.3, -0.25) is 4.79 Å². The molecule has 5 nitrogen and oxygen atoms in total. The number of unbranched alkanes of at least 4 members (excludes halogenated alkanes) is 10. The quantitative estimate of drug-likeness (QED) is 0.348. The smallest absolute Gasteiger partial charge is 0.326 e. The second-order valence-electron chi connectivity index (χ2n) is 6.67. The van der Waals surface area contributed by atoms with Crippen molar-refractivity contribution in [2.24, 2.45) is 5.73 Å². The summed E-state index contributed by atoms with van der Waals surface area (Å²) in [7, 11) is 0. The normalized spacial score (nSPS) is 12.1. The molecule has 0 aliphatic heterocycles. The third-order valence-electron chi connectivity index (χ3n) is 4.34. The predicted molar refractivity (Wildman–Crippen MR) is 98.9 cm³/mol. The molecule has 0 heterocycles. The maximum Gasteiger partial charge on any atom is 0.326 e. The Balaban J connectivity index is 3.57. The summed E-state index contributed by atoms with van der Waals surface area (Å²) in [5.74, 6) is -1.10. The first-order valence-electron chi connectivity index (χ1n) is 9.84. The van der Waals surface area contributed by atoms with Crippen LogP contribution in [0.25, 0.3) is 0 Å². The standard InChI is InChI=1S/C19H38N2O3/c1-2-3-4-5-6-7-8-9-10-11-15-18(22)21-17(19(23)24)14-12-13-16-20/h17H,2-16,20H2,1H3,(H,21,22)(H,23,24). The minimum Gasteiger partial charge on any atom is -0.480 e. The summed E-state index contributed by atoms with van der Waals surface area (Å²) in [4.78, 5) is 23.0. The number of carbonyl (C=O) groups excluding carboxylic acids is 1. The zero-order chi connectivity index (χ0) is 18.0. The highest BCUT2D eigenvalue weighted by Crippen LogP contribution is 2.11. The van der Waals surface area contributed by atoms with Crippen molar-refractivity contribution < 1.29 is 14.7 Å². The molecular weight excluding hydrogens is 304 g/mol. The van der Waals surface area contributed by atoms with Crippen LogP contribution in [0, 0.1) is 0 Å². The fourth-order valence-electron chi connectivity index (χ4n) is 2.79. The number of rotatable bonds is 17. The van der Waals surface area contributed by atoms with E-state index in [-0.39, 0.29) is 5.91 Å². The molecule has 0 spiro atoms. The molecule has 0 saturated carbocycles. The van der Waals surface area contributed by atoms with Crippen molar-refractivity contribution in [3.05, 3.63) is 0 Å². The zero-order valence-electron chi connectivity index (χ0n) is 15.5. The molecule has 24 heavy (non-hydrogen) atoms. The molecule has 0 aromatic carbocycles. The average molecular weight is 343 g/mol. The van der Waals surface area contributed by atoms with Crippen LogP contribution >= 0.6 is 0 Å². The van der Waals surface area contributed by atoms with Gasteiger partial charge in [0.25, 0.3) is 0 Å². The molecule has 0 fully saturated rings. The fraction of sp³-hybridized carbons (Fsp3) is 0.895. The van der Waals surface area contributed by atoms with Crippen LogP contribution in [0.15, 0.2) is 0 Å². The summed E-state index contributed by atoms with van der Waals surface area (Å²) >= 11 is 0. The first-order chi connectivity index (χ1) is 11.6. The van der Waals surface area contributed by atoms with Gasteiger partial charge in [0.1, 0.15) is 6.04 Å². The van der Waals surface area contributed by atoms with Crippen LogP contribution in [0.2, 0.25) is 0 Å². The largest absolute Gasteiger partial charge is 0.480 e. The Morgan fingerprint density at radius 3 is 1.92 bits per heavy atom. The van der Waals surface area contributed by atoms with Gasteiger partial charge in [-0.05, 0) is 32.2 Å². The average Bonchev–Trinajstić information content (AvgIpc) is 2.55. The molecule has 5 heteroatoms. The lowest BCUT2D eigenvalue weighted by Crippen LogP contribution is -2.40. The third kappa shape index (κ3) is 14.5. The van der Waals surface area contributed by atoms with Crippen molar-refractivity contribution >= 4 is 11.9 Å². The summed E-state index contributed by atoms with van der Waals surface area (Å²) in [5, 5.41) is 11.7. The van der Waals surface area contributed by atoms with Gasteiger partial charge in [0, 0.05) is 6.42 Å². The van der Waals surface area contributed by atoms with Crippen LogP contribution in [0.5, 0.6) is 0 Å². The number of aliphatic carboxylic acids is 1. The molecule has 0 aliphatic carbocycles. The van der Waals surface area contributed by atoms with Crippen LogP contribution in [-0.2, 0) is 9.59 Å². The monoisotopic (exact) mass is 342 g/mol. The highest BCUT2D eigenvalue weighted by atomic mass is 16.4. The van der Waals surface area contributed by atoms with E-state index < -0.39 is 12.0 Å². The van der Waals surface area contributed by atoms with Gasteiger partial charge in [-0.1, -0.05) is 64.7 Å². The number of hydrogen-bond acceptors (Lipinski definition) is 3. The Labute approximate surface area is 147 Å². The molecule has 4 N–H and O–H groups in total. The fourth-order valence-corrected chi connectivity index (χ4v) is 2.79. The van der Waals surface area contributed by atoms with E-state index in [0.717, 1.165) is 25.7 Å². The number of nitrogens with two attached hydrogens (primary N) is 1. The Kier molecular flexibility index (Phi) is 16.0. The molecule has 0 radical (unpaired) electrons. The van der Waals surface area contributed by atoms with Gasteiger partial charge in [-0.15, -0.1) is 0 Å². The first kappa shape index (κ1) is 22.9. The number of nitrogens with one attached hydrogen (secondary N) is 1. The Morgan fingerprint density at radius 1 is 0.875 bits per heavy atom. The summed E-state index contributed by atoms with van der Waals surface area (Å²) in [6, 6.07) is -0.771. The summed E-state index contributed by atoms with van der Waals surface area (Å²) in [6.07, 6.45) is 14.6.